The number of hydrogen-bond donors (Lipinski definition) is 2. The third-order valence-electron chi connectivity index (χ3n) is 2.30. The highest BCUT2D eigenvalue weighted by atomic mass is 16.5. The van der Waals surface area contributed by atoms with Gasteiger partial charge in [0.25, 0.3) is 0 Å². The first kappa shape index (κ1) is 11.2. The summed E-state index contributed by atoms with van der Waals surface area (Å²) in [5.74, 6) is -0.0430. The molecule has 17 heavy (non-hydrogen) atoms. The lowest BCUT2D eigenvalue weighted by Crippen LogP contribution is -2.24. The van der Waals surface area contributed by atoms with Crippen LogP contribution in [0.25, 0.3) is 0 Å². The third kappa shape index (κ3) is 3.07. The van der Waals surface area contributed by atoms with Crippen molar-refractivity contribution in [2.24, 2.45) is 0 Å². The molecule has 1 amide bonds. The van der Waals surface area contributed by atoms with E-state index < -0.39 is 0 Å². The summed E-state index contributed by atoms with van der Waals surface area (Å²) < 4.78 is 4.64. The molecule has 0 radical (unpaired) electrons. The van der Waals surface area contributed by atoms with E-state index in [2.05, 4.69) is 15.0 Å². The number of amides is 1. The minimum atomic E-state index is -0.172. The molecule has 5 heteroatoms. The van der Waals surface area contributed by atoms with Crippen molar-refractivity contribution < 1.29 is 14.4 Å². The van der Waals surface area contributed by atoms with Gasteiger partial charge in [-0.1, -0.05) is 23.4 Å². The number of phenolic OH excluding ortho intramolecular Hbond substituents is 1. The molecule has 1 aromatic carbocycles. The molecule has 88 valence electrons. The van der Waals surface area contributed by atoms with Gasteiger partial charge in [-0.25, -0.2) is 0 Å². The number of aromatic hydroxyl groups is 1. The fourth-order valence-electron chi connectivity index (χ4n) is 1.41. The number of benzene rings is 1. The van der Waals surface area contributed by atoms with E-state index in [1.165, 1.54) is 6.26 Å². The number of nitrogens with one attached hydrogen (secondary N) is 1. The average molecular weight is 232 g/mol. The van der Waals surface area contributed by atoms with Crippen LogP contribution in [0.2, 0.25) is 0 Å². The topological polar surface area (TPSA) is 75.4 Å². The van der Waals surface area contributed by atoms with Crippen LogP contribution in [0.15, 0.2) is 41.1 Å². The molecular weight excluding hydrogens is 220 g/mol. The van der Waals surface area contributed by atoms with Crippen LogP contribution in [0.5, 0.6) is 5.75 Å². The Morgan fingerprint density at radius 3 is 2.88 bits per heavy atom. The zero-order valence-electron chi connectivity index (χ0n) is 9.09. The van der Waals surface area contributed by atoms with Crippen LogP contribution in [0.4, 0.5) is 0 Å². The second kappa shape index (κ2) is 5.16. The lowest BCUT2D eigenvalue weighted by Gasteiger charge is -2.04. The molecule has 0 unspecified atom stereocenters. The van der Waals surface area contributed by atoms with Gasteiger partial charge < -0.3 is 14.9 Å². The summed E-state index contributed by atoms with van der Waals surface area (Å²) in [5, 5.41) is 15.9. The maximum Gasteiger partial charge on any atom is 0.224 e. The van der Waals surface area contributed by atoms with Crippen molar-refractivity contribution in [3.63, 3.8) is 0 Å². The summed E-state index contributed by atoms with van der Waals surface area (Å²) in [6.45, 7) is 0.322. The highest BCUT2D eigenvalue weighted by molar-refractivity contribution is 5.79. The molecule has 0 aliphatic heterocycles. The summed E-state index contributed by atoms with van der Waals surface area (Å²) >= 11 is 0. The summed E-state index contributed by atoms with van der Waals surface area (Å²) in [4.78, 5) is 11.6. The van der Waals surface area contributed by atoms with E-state index >= 15 is 0 Å². The van der Waals surface area contributed by atoms with Gasteiger partial charge in [0, 0.05) is 11.6 Å². The van der Waals surface area contributed by atoms with E-state index in [4.69, 9.17) is 0 Å². The van der Waals surface area contributed by atoms with Crippen LogP contribution < -0.4 is 5.32 Å². The van der Waals surface area contributed by atoms with E-state index in [0.717, 1.165) is 0 Å². The number of carbonyl (C=O) groups excluding carboxylic acids is 1. The fourth-order valence-corrected chi connectivity index (χ4v) is 1.41. The van der Waals surface area contributed by atoms with Crippen LogP contribution in [-0.4, -0.2) is 16.2 Å². The van der Waals surface area contributed by atoms with E-state index in [1.807, 2.05) is 0 Å². The first-order valence-electron chi connectivity index (χ1n) is 5.18. The van der Waals surface area contributed by atoms with Crippen LogP contribution in [-0.2, 0) is 17.8 Å². The molecule has 2 aromatic rings. The van der Waals surface area contributed by atoms with Gasteiger partial charge in [-0.2, -0.15) is 0 Å². The molecule has 1 heterocycles. The maximum atomic E-state index is 11.6. The third-order valence-corrected chi connectivity index (χ3v) is 2.30. The molecule has 0 spiro atoms. The van der Waals surface area contributed by atoms with Gasteiger partial charge in [-0.3, -0.25) is 4.79 Å². The Morgan fingerprint density at radius 1 is 1.35 bits per heavy atom. The van der Waals surface area contributed by atoms with E-state index in [-0.39, 0.29) is 18.1 Å². The van der Waals surface area contributed by atoms with Gasteiger partial charge in [-0.15, -0.1) is 0 Å². The summed E-state index contributed by atoms with van der Waals surface area (Å²) in [7, 11) is 0. The number of rotatable bonds is 4. The Balaban J connectivity index is 1.87. The Kier molecular flexibility index (Phi) is 3.40. The Hall–Kier alpha value is -2.30. The molecule has 1 aromatic heterocycles. The standard InChI is InChI=1S/C12H12N2O3/c15-11-4-2-1-3-9(11)7-12(16)13-8-10-5-6-17-14-10/h1-6,15H,7-8H2,(H,13,16). The van der Waals surface area contributed by atoms with Crippen LogP contribution in [0, 0.1) is 0 Å². The van der Waals surface area contributed by atoms with E-state index in [0.29, 0.717) is 17.8 Å². The van der Waals surface area contributed by atoms with Crippen LogP contribution in [0.1, 0.15) is 11.3 Å². The largest absolute Gasteiger partial charge is 0.508 e. The van der Waals surface area contributed by atoms with Gasteiger partial charge in [0.15, 0.2) is 0 Å². The summed E-state index contributed by atoms with van der Waals surface area (Å²) in [5.41, 5.74) is 1.26. The Morgan fingerprint density at radius 2 is 2.18 bits per heavy atom. The molecule has 0 saturated heterocycles. The first-order chi connectivity index (χ1) is 8.25. The molecular formula is C12H12N2O3. The Labute approximate surface area is 98.1 Å². The quantitative estimate of drug-likeness (QED) is 0.831. The van der Waals surface area contributed by atoms with Crippen LogP contribution in [0.3, 0.4) is 0 Å². The number of hydrogen-bond acceptors (Lipinski definition) is 4. The number of carbonyl (C=O) groups is 1. The van der Waals surface area contributed by atoms with Crippen molar-refractivity contribution in [3.05, 3.63) is 47.9 Å². The van der Waals surface area contributed by atoms with Crippen molar-refractivity contribution in [2.45, 2.75) is 13.0 Å². The molecule has 5 nitrogen and oxygen atoms in total. The molecule has 2 N–H and O–H groups in total. The van der Waals surface area contributed by atoms with Crippen molar-refractivity contribution >= 4 is 5.91 Å². The maximum absolute atomic E-state index is 11.6. The lowest BCUT2D eigenvalue weighted by molar-refractivity contribution is -0.120. The minimum absolute atomic E-state index is 0.129. The Bertz CT molecular complexity index is 494. The van der Waals surface area contributed by atoms with Crippen molar-refractivity contribution in [2.75, 3.05) is 0 Å². The van der Waals surface area contributed by atoms with Gasteiger partial charge in [0.05, 0.1) is 13.0 Å². The van der Waals surface area contributed by atoms with Gasteiger partial charge >= 0.3 is 0 Å². The molecule has 0 aliphatic carbocycles. The van der Waals surface area contributed by atoms with Crippen molar-refractivity contribution in [1.29, 1.82) is 0 Å². The van der Waals surface area contributed by atoms with Gasteiger partial charge in [0.1, 0.15) is 17.7 Å². The summed E-state index contributed by atoms with van der Waals surface area (Å²) in [6.07, 6.45) is 1.59. The molecule has 0 saturated carbocycles. The molecule has 0 fully saturated rings. The first-order valence-corrected chi connectivity index (χ1v) is 5.18. The molecule has 0 atom stereocenters. The fraction of sp³-hybridized carbons (Fsp3) is 0.167. The monoisotopic (exact) mass is 232 g/mol. The van der Waals surface area contributed by atoms with Gasteiger partial charge in [-0.05, 0) is 6.07 Å². The smallest absolute Gasteiger partial charge is 0.224 e. The highest BCUT2D eigenvalue weighted by Crippen LogP contribution is 2.15. The number of nitrogens with zero attached hydrogens (tertiary/aromatic N) is 1. The minimum Gasteiger partial charge on any atom is -0.508 e. The normalized spacial score (nSPS) is 10.1. The van der Waals surface area contributed by atoms with E-state index in [9.17, 15) is 9.90 Å². The molecule has 0 bridgehead atoms. The molecule has 2 rings (SSSR count). The lowest BCUT2D eigenvalue weighted by atomic mass is 10.1. The highest BCUT2D eigenvalue weighted by Gasteiger charge is 2.07. The van der Waals surface area contributed by atoms with Crippen molar-refractivity contribution in [3.8, 4) is 5.75 Å². The summed E-state index contributed by atoms with van der Waals surface area (Å²) in [6, 6.07) is 8.44. The SMILES string of the molecule is O=C(Cc1ccccc1O)NCc1ccon1. The second-order valence-electron chi connectivity index (χ2n) is 3.57. The number of aromatic nitrogens is 1. The van der Waals surface area contributed by atoms with E-state index in [1.54, 1.807) is 30.3 Å². The number of phenols is 1. The second-order valence-corrected chi connectivity index (χ2v) is 3.57. The zero-order valence-corrected chi connectivity index (χ0v) is 9.09. The van der Waals surface area contributed by atoms with Gasteiger partial charge in [0.2, 0.25) is 5.91 Å². The predicted molar refractivity (Wildman–Crippen MR) is 60.2 cm³/mol. The molecule has 0 aliphatic rings. The van der Waals surface area contributed by atoms with Crippen molar-refractivity contribution in [1.82, 2.24) is 10.5 Å². The average Bonchev–Trinajstić information content (AvgIpc) is 2.82. The predicted octanol–water partition coefficient (Wildman–Crippen LogP) is 1.24. The number of para-hydroxylation sites is 1. The zero-order chi connectivity index (χ0) is 12.1. The van der Waals surface area contributed by atoms with Crippen LogP contribution >= 0.6 is 0 Å².